The van der Waals surface area contributed by atoms with Crippen LogP contribution in [0.1, 0.15) is 103 Å². The maximum Gasteiger partial charge on any atom is 0.285 e. The Bertz CT molecular complexity index is 667. The molecule has 2 saturated heterocycles. The Morgan fingerprint density at radius 2 is 1.69 bits per heavy atom. The normalized spacial score (nSPS) is 31.6. The van der Waals surface area contributed by atoms with E-state index in [4.69, 9.17) is 18.9 Å². The van der Waals surface area contributed by atoms with Crippen molar-refractivity contribution >= 4 is 0 Å². The van der Waals surface area contributed by atoms with E-state index in [9.17, 15) is 15.3 Å². The Balaban J connectivity index is 1.49. The Morgan fingerprint density at radius 3 is 2.31 bits per heavy atom. The fourth-order valence-corrected chi connectivity index (χ4v) is 5.32. The van der Waals surface area contributed by atoms with Crippen LogP contribution < -0.4 is 0 Å². The standard InChI is InChI=1S/C29H48O7/c1-2-3-4-5-6-13-23-17-18-26(31)25(23)22-24(30)14-7-10-19-29(32,35-27-15-8-11-20-33-27)36-28-16-9-12-21-34-28/h6,13,23-28,30-32H,2-5,8-12,15-22H2,1H3/t23-,24?,25+,26-,27?,28?,29?/m0/s1. The van der Waals surface area contributed by atoms with Crippen LogP contribution in [0.4, 0.5) is 0 Å². The first-order valence-electron chi connectivity index (χ1n) is 14.3. The van der Waals surface area contributed by atoms with Crippen LogP contribution in [0.15, 0.2) is 12.2 Å². The smallest absolute Gasteiger partial charge is 0.285 e. The Morgan fingerprint density at radius 1 is 1.00 bits per heavy atom. The molecule has 3 unspecified atom stereocenters. The summed E-state index contributed by atoms with van der Waals surface area (Å²) >= 11 is 0. The summed E-state index contributed by atoms with van der Waals surface area (Å²) < 4.78 is 23.0. The van der Waals surface area contributed by atoms with E-state index in [0.717, 1.165) is 44.9 Å². The molecule has 0 aromatic rings. The van der Waals surface area contributed by atoms with Gasteiger partial charge >= 0.3 is 0 Å². The van der Waals surface area contributed by atoms with Gasteiger partial charge in [0, 0.05) is 26.1 Å². The number of hydrogen-bond donors (Lipinski definition) is 3. The summed E-state index contributed by atoms with van der Waals surface area (Å²) in [5.41, 5.74) is 0. The van der Waals surface area contributed by atoms with Gasteiger partial charge in [-0.2, -0.15) is 0 Å². The zero-order valence-electron chi connectivity index (χ0n) is 22.1. The van der Waals surface area contributed by atoms with E-state index in [1.165, 1.54) is 19.3 Å². The molecule has 0 amide bonds. The quantitative estimate of drug-likeness (QED) is 0.143. The number of unbranched alkanes of at least 4 members (excludes halogenated alkanes) is 3. The molecular weight excluding hydrogens is 460 g/mol. The predicted octanol–water partition coefficient (Wildman–Crippen LogP) is 4.78. The summed E-state index contributed by atoms with van der Waals surface area (Å²) in [6, 6.07) is 0. The third-order valence-electron chi connectivity index (χ3n) is 7.43. The molecule has 6 atom stereocenters. The first-order chi connectivity index (χ1) is 17.5. The van der Waals surface area contributed by atoms with Crippen molar-refractivity contribution in [3.05, 3.63) is 12.2 Å². The Kier molecular flexibility index (Phi) is 13.2. The monoisotopic (exact) mass is 508 g/mol. The minimum absolute atomic E-state index is 0.0206. The van der Waals surface area contributed by atoms with Crippen LogP contribution in [0.2, 0.25) is 0 Å². The Labute approximate surface area is 217 Å². The summed E-state index contributed by atoms with van der Waals surface area (Å²) in [5.74, 6) is 4.34. The van der Waals surface area contributed by atoms with Gasteiger partial charge in [-0.1, -0.05) is 37.8 Å². The SMILES string of the molecule is CCCCCC=C[C@H]1CC[C@H](O)[C@@H]1CC(O)C#CCCC(O)(OC1CCCCO1)OC1CCCCO1. The molecule has 7 heteroatoms. The predicted molar refractivity (Wildman–Crippen MR) is 137 cm³/mol. The highest BCUT2D eigenvalue weighted by atomic mass is 16.9. The van der Waals surface area contributed by atoms with Crippen molar-refractivity contribution in [2.45, 2.75) is 134 Å². The number of hydrogen-bond acceptors (Lipinski definition) is 7. The summed E-state index contributed by atoms with van der Waals surface area (Å²) in [4.78, 5) is 0. The molecule has 0 aromatic heterocycles. The fraction of sp³-hybridized carbons (Fsp3) is 0.862. The third kappa shape index (κ3) is 10.4. The van der Waals surface area contributed by atoms with Crippen molar-refractivity contribution in [1.82, 2.24) is 0 Å². The minimum Gasteiger partial charge on any atom is -0.393 e. The third-order valence-corrected chi connectivity index (χ3v) is 7.43. The molecule has 3 N–H and O–H groups in total. The van der Waals surface area contributed by atoms with Gasteiger partial charge < -0.3 is 24.8 Å². The number of aliphatic hydroxyl groups is 3. The first-order valence-corrected chi connectivity index (χ1v) is 14.3. The maximum atomic E-state index is 11.1. The number of rotatable bonds is 13. The maximum absolute atomic E-state index is 11.1. The van der Waals surface area contributed by atoms with Gasteiger partial charge in [-0.25, -0.2) is 0 Å². The second-order valence-electron chi connectivity index (χ2n) is 10.5. The van der Waals surface area contributed by atoms with Gasteiger partial charge in [0.05, 0.1) is 6.10 Å². The van der Waals surface area contributed by atoms with Crippen molar-refractivity contribution in [2.24, 2.45) is 11.8 Å². The summed E-state index contributed by atoms with van der Waals surface area (Å²) in [6.45, 7) is 3.41. The van der Waals surface area contributed by atoms with Gasteiger partial charge in [0.25, 0.3) is 5.97 Å². The lowest BCUT2D eigenvalue weighted by atomic mass is 9.88. The number of ether oxygens (including phenoxy) is 4. The molecule has 3 fully saturated rings. The number of aliphatic hydroxyl groups excluding tert-OH is 2. The van der Waals surface area contributed by atoms with E-state index in [1.807, 2.05) is 0 Å². The van der Waals surface area contributed by atoms with Crippen LogP contribution >= 0.6 is 0 Å². The van der Waals surface area contributed by atoms with Crippen molar-refractivity contribution in [1.29, 1.82) is 0 Å². The molecule has 3 rings (SSSR count). The van der Waals surface area contributed by atoms with Crippen LogP contribution in [0, 0.1) is 23.7 Å². The van der Waals surface area contributed by atoms with E-state index < -0.39 is 30.8 Å². The van der Waals surface area contributed by atoms with E-state index in [0.29, 0.717) is 38.9 Å². The van der Waals surface area contributed by atoms with Gasteiger partial charge in [-0.15, -0.1) is 5.92 Å². The number of allylic oxidation sites excluding steroid dienone is 2. The van der Waals surface area contributed by atoms with Gasteiger partial charge in [0.1, 0.15) is 6.10 Å². The van der Waals surface area contributed by atoms with Crippen molar-refractivity contribution < 1.29 is 34.3 Å². The molecule has 3 aliphatic rings. The highest BCUT2D eigenvalue weighted by Crippen LogP contribution is 2.36. The molecule has 206 valence electrons. The van der Waals surface area contributed by atoms with E-state index in [-0.39, 0.29) is 18.3 Å². The molecule has 0 spiro atoms. The van der Waals surface area contributed by atoms with Gasteiger partial charge in [-0.05, 0) is 82.5 Å². The molecular formula is C29H48O7. The molecule has 1 aliphatic carbocycles. The molecule has 2 aliphatic heterocycles. The van der Waals surface area contributed by atoms with Crippen LogP contribution in [-0.2, 0) is 18.9 Å². The fourth-order valence-electron chi connectivity index (χ4n) is 5.32. The van der Waals surface area contributed by atoms with E-state index in [2.05, 4.69) is 30.9 Å². The summed E-state index contributed by atoms with van der Waals surface area (Å²) in [5, 5.41) is 32.2. The average molecular weight is 509 g/mol. The highest BCUT2D eigenvalue weighted by molar-refractivity contribution is 5.07. The molecule has 7 nitrogen and oxygen atoms in total. The second kappa shape index (κ2) is 16.1. The van der Waals surface area contributed by atoms with E-state index in [1.54, 1.807) is 0 Å². The highest BCUT2D eigenvalue weighted by Gasteiger charge is 2.37. The topological polar surface area (TPSA) is 97.6 Å². The lowest BCUT2D eigenvalue weighted by Crippen LogP contribution is -2.45. The molecule has 0 bridgehead atoms. The summed E-state index contributed by atoms with van der Waals surface area (Å²) in [6.07, 6.45) is 14.9. The first kappa shape index (κ1) is 29.6. The van der Waals surface area contributed by atoms with Gasteiger partial charge in [-0.3, -0.25) is 9.47 Å². The van der Waals surface area contributed by atoms with Gasteiger partial charge in [0.2, 0.25) is 0 Å². The average Bonchev–Trinajstić information content (AvgIpc) is 3.21. The molecule has 1 saturated carbocycles. The zero-order chi connectivity index (χ0) is 25.6. The van der Waals surface area contributed by atoms with Crippen LogP contribution in [-0.4, -0.2) is 59.3 Å². The lowest BCUT2D eigenvalue weighted by molar-refractivity contribution is -0.441. The molecule has 0 aromatic carbocycles. The zero-order valence-corrected chi connectivity index (χ0v) is 22.1. The second-order valence-corrected chi connectivity index (χ2v) is 10.5. The minimum atomic E-state index is -1.85. The van der Waals surface area contributed by atoms with Crippen molar-refractivity contribution in [2.75, 3.05) is 13.2 Å². The lowest BCUT2D eigenvalue weighted by Gasteiger charge is -2.36. The van der Waals surface area contributed by atoms with Crippen LogP contribution in [0.5, 0.6) is 0 Å². The summed E-state index contributed by atoms with van der Waals surface area (Å²) in [7, 11) is 0. The van der Waals surface area contributed by atoms with Gasteiger partial charge in [0.15, 0.2) is 12.6 Å². The molecule has 36 heavy (non-hydrogen) atoms. The van der Waals surface area contributed by atoms with Crippen molar-refractivity contribution in [3.8, 4) is 11.8 Å². The van der Waals surface area contributed by atoms with Crippen LogP contribution in [0.25, 0.3) is 0 Å². The largest absolute Gasteiger partial charge is 0.393 e. The molecule has 0 radical (unpaired) electrons. The van der Waals surface area contributed by atoms with Crippen molar-refractivity contribution in [3.63, 3.8) is 0 Å². The van der Waals surface area contributed by atoms with E-state index >= 15 is 0 Å². The van der Waals surface area contributed by atoms with Crippen LogP contribution in [0.3, 0.4) is 0 Å². The molecule has 2 heterocycles. The Hall–Kier alpha value is -0.980.